The molecule has 0 bridgehead atoms. The number of likely N-dealkylation sites (tertiary alicyclic amines) is 1. The van der Waals surface area contributed by atoms with Gasteiger partial charge in [0.2, 0.25) is 5.91 Å². The second kappa shape index (κ2) is 10.7. The quantitative estimate of drug-likeness (QED) is 0.459. The molecule has 8 heteroatoms. The second-order valence-electron chi connectivity index (χ2n) is 7.54. The van der Waals surface area contributed by atoms with Gasteiger partial charge in [-0.1, -0.05) is 18.2 Å². The number of nitrogens with zero attached hydrogens (tertiary/aromatic N) is 1. The Morgan fingerprint density at radius 1 is 1.03 bits per heavy atom. The van der Waals surface area contributed by atoms with E-state index in [9.17, 15) is 14.0 Å². The molecule has 166 valence electrons. The molecule has 1 aliphatic heterocycles. The zero-order chi connectivity index (χ0) is 22.3. The number of hydrogen-bond donors (Lipinski definition) is 2. The van der Waals surface area contributed by atoms with Crippen LogP contribution in [0.15, 0.2) is 70.3 Å². The zero-order valence-electron chi connectivity index (χ0n) is 17.4. The van der Waals surface area contributed by atoms with Crippen molar-refractivity contribution in [3.8, 4) is 0 Å². The Balaban J connectivity index is 1.25. The van der Waals surface area contributed by atoms with Crippen LogP contribution in [0, 0.1) is 5.82 Å². The first kappa shape index (κ1) is 22.4. The van der Waals surface area contributed by atoms with E-state index in [0.717, 1.165) is 17.1 Å². The molecule has 0 saturated carbocycles. The Labute approximate surface area is 195 Å². The van der Waals surface area contributed by atoms with Gasteiger partial charge in [0.15, 0.2) is 0 Å². The van der Waals surface area contributed by atoms with Gasteiger partial charge in [0.25, 0.3) is 5.91 Å². The monoisotopic (exact) mass is 469 g/mol. The second-order valence-corrected chi connectivity index (χ2v) is 9.76. The van der Waals surface area contributed by atoms with Crippen LogP contribution in [0.3, 0.4) is 0 Å². The summed E-state index contributed by atoms with van der Waals surface area (Å²) in [6.07, 6.45) is 1.52. The number of rotatable bonds is 7. The van der Waals surface area contributed by atoms with Gasteiger partial charge in [-0.2, -0.15) is 0 Å². The summed E-state index contributed by atoms with van der Waals surface area (Å²) < 4.78 is 14.9. The van der Waals surface area contributed by atoms with Crippen molar-refractivity contribution in [1.29, 1.82) is 0 Å². The molecule has 3 aromatic rings. The van der Waals surface area contributed by atoms with Crippen molar-refractivity contribution in [3.63, 3.8) is 0 Å². The number of carbonyl (C=O) groups is 2. The minimum Gasteiger partial charge on any atom is -0.380 e. The largest absolute Gasteiger partial charge is 0.380 e. The SMILES string of the molecule is O=C(CSc1cccs1)Nc1ccc(C(=O)N2CCC(Nc3ccccc3F)CC2)cc1. The third-order valence-corrected chi connectivity index (χ3v) is 7.40. The van der Waals surface area contributed by atoms with Crippen LogP contribution >= 0.6 is 23.1 Å². The van der Waals surface area contributed by atoms with Gasteiger partial charge in [0.1, 0.15) is 5.82 Å². The molecule has 2 amide bonds. The lowest BCUT2D eigenvalue weighted by atomic mass is 10.0. The minimum absolute atomic E-state index is 0.0273. The first-order chi connectivity index (χ1) is 15.6. The van der Waals surface area contributed by atoms with E-state index in [1.165, 1.54) is 17.8 Å². The average Bonchev–Trinajstić information content (AvgIpc) is 3.34. The molecular weight excluding hydrogens is 445 g/mol. The number of nitrogens with one attached hydrogen (secondary N) is 2. The molecule has 4 rings (SSSR count). The van der Waals surface area contributed by atoms with Crippen molar-refractivity contribution in [2.24, 2.45) is 0 Å². The van der Waals surface area contributed by atoms with E-state index in [-0.39, 0.29) is 23.7 Å². The molecule has 1 aliphatic rings. The van der Waals surface area contributed by atoms with Crippen molar-refractivity contribution < 1.29 is 14.0 Å². The van der Waals surface area contributed by atoms with Crippen LogP contribution in [0.5, 0.6) is 0 Å². The van der Waals surface area contributed by atoms with E-state index < -0.39 is 0 Å². The third-order valence-electron chi connectivity index (χ3n) is 5.27. The molecule has 2 aromatic carbocycles. The van der Waals surface area contributed by atoms with E-state index >= 15 is 0 Å². The number of benzene rings is 2. The lowest BCUT2D eigenvalue weighted by molar-refractivity contribution is -0.113. The Morgan fingerprint density at radius 3 is 2.47 bits per heavy atom. The number of amides is 2. The summed E-state index contributed by atoms with van der Waals surface area (Å²) >= 11 is 3.11. The van der Waals surface area contributed by atoms with E-state index in [4.69, 9.17) is 0 Å². The van der Waals surface area contributed by atoms with Gasteiger partial charge in [-0.05, 0) is 60.7 Å². The Morgan fingerprint density at radius 2 is 1.78 bits per heavy atom. The molecule has 1 aromatic heterocycles. The highest BCUT2D eigenvalue weighted by Crippen LogP contribution is 2.24. The summed E-state index contributed by atoms with van der Waals surface area (Å²) in [5.74, 6) is -0.0208. The molecule has 32 heavy (non-hydrogen) atoms. The fourth-order valence-corrected chi connectivity index (χ4v) is 5.17. The molecule has 0 aliphatic carbocycles. The molecule has 0 spiro atoms. The van der Waals surface area contributed by atoms with Gasteiger partial charge in [0, 0.05) is 30.4 Å². The zero-order valence-corrected chi connectivity index (χ0v) is 19.1. The number of para-hydroxylation sites is 1. The van der Waals surface area contributed by atoms with E-state index in [1.54, 1.807) is 53.8 Å². The summed E-state index contributed by atoms with van der Waals surface area (Å²) in [7, 11) is 0. The van der Waals surface area contributed by atoms with Crippen LogP contribution in [0.1, 0.15) is 23.2 Å². The van der Waals surface area contributed by atoms with E-state index in [2.05, 4.69) is 10.6 Å². The molecule has 1 saturated heterocycles. The van der Waals surface area contributed by atoms with Gasteiger partial charge in [-0.15, -0.1) is 23.1 Å². The molecule has 5 nitrogen and oxygen atoms in total. The van der Waals surface area contributed by atoms with Crippen LogP contribution in [0.4, 0.5) is 15.8 Å². The number of piperidine rings is 1. The first-order valence-corrected chi connectivity index (χ1v) is 12.3. The van der Waals surface area contributed by atoms with Crippen LogP contribution in [-0.2, 0) is 4.79 Å². The molecular formula is C24H24FN3O2S2. The van der Waals surface area contributed by atoms with Crippen LogP contribution in [0.2, 0.25) is 0 Å². The Bertz CT molecular complexity index is 1050. The van der Waals surface area contributed by atoms with Crippen molar-refractivity contribution in [3.05, 3.63) is 77.4 Å². The lowest BCUT2D eigenvalue weighted by Crippen LogP contribution is -2.42. The van der Waals surface area contributed by atoms with Crippen LogP contribution in [0.25, 0.3) is 0 Å². The molecule has 0 unspecified atom stereocenters. The van der Waals surface area contributed by atoms with Gasteiger partial charge in [-0.3, -0.25) is 9.59 Å². The Kier molecular flexibility index (Phi) is 7.44. The van der Waals surface area contributed by atoms with Crippen molar-refractivity contribution in [1.82, 2.24) is 4.90 Å². The lowest BCUT2D eigenvalue weighted by Gasteiger charge is -2.33. The van der Waals surface area contributed by atoms with Gasteiger partial charge in [0.05, 0.1) is 15.6 Å². The van der Waals surface area contributed by atoms with Gasteiger partial charge >= 0.3 is 0 Å². The number of hydrogen-bond acceptors (Lipinski definition) is 5. The summed E-state index contributed by atoms with van der Waals surface area (Å²) in [6.45, 7) is 1.23. The fourth-order valence-electron chi connectivity index (χ4n) is 3.58. The maximum Gasteiger partial charge on any atom is 0.253 e. The molecule has 2 heterocycles. The van der Waals surface area contributed by atoms with E-state index in [0.29, 0.717) is 35.8 Å². The molecule has 1 fully saturated rings. The highest BCUT2D eigenvalue weighted by atomic mass is 32.2. The van der Waals surface area contributed by atoms with Crippen LogP contribution in [-0.4, -0.2) is 41.6 Å². The summed E-state index contributed by atoms with van der Waals surface area (Å²) in [6, 6.07) is 17.7. The first-order valence-electron chi connectivity index (χ1n) is 10.4. The minimum atomic E-state index is -0.261. The fraction of sp³-hybridized carbons (Fsp3) is 0.250. The number of halogens is 1. The maximum absolute atomic E-state index is 13.8. The predicted octanol–water partition coefficient (Wildman–Crippen LogP) is 5.33. The summed E-state index contributed by atoms with van der Waals surface area (Å²) in [5, 5.41) is 8.09. The summed E-state index contributed by atoms with van der Waals surface area (Å²) in [4.78, 5) is 26.8. The Hall–Kier alpha value is -2.84. The smallest absolute Gasteiger partial charge is 0.253 e. The number of anilines is 2. The number of carbonyl (C=O) groups excluding carboxylic acids is 2. The number of thiophene rings is 1. The molecule has 0 radical (unpaired) electrons. The summed E-state index contributed by atoms with van der Waals surface area (Å²) in [5.41, 5.74) is 1.77. The van der Waals surface area contributed by atoms with Crippen molar-refractivity contribution in [2.45, 2.75) is 23.1 Å². The average molecular weight is 470 g/mol. The van der Waals surface area contributed by atoms with Crippen molar-refractivity contribution in [2.75, 3.05) is 29.5 Å². The molecule has 2 N–H and O–H groups in total. The normalized spacial score (nSPS) is 14.2. The highest BCUT2D eigenvalue weighted by Gasteiger charge is 2.24. The van der Waals surface area contributed by atoms with E-state index in [1.807, 2.05) is 22.4 Å². The number of thioether (sulfide) groups is 1. The third kappa shape index (κ3) is 5.89. The standard InChI is InChI=1S/C24H24FN3O2S2/c25-20-4-1-2-5-21(20)26-19-11-13-28(14-12-19)24(30)17-7-9-18(10-8-17)27-22(29)16-32-23-6-3-15-31-23/h1-10,15,19,26H,11-14,16H2,(H,27,29). The molecule has 0 atom stereocenters. The maximum atomic E-state index is 13.8. The van der Waals surface area contributed by atoms with Crippen molar-refractivity contribution >= 4 is 46.3 Å². The van der Waals surface area contributed by atoms with Gasteiger partial charge in [-0.25, -0.2) is 4.39 Å². The van der Waals surface area contributed by atoms with Crippen LogP contribution < -0.4 is 10.6 Å². The van der Waals surface area contributed by atoms with Gasteiger partial charge < -0.3 is 15.5 Å². The topological polar surface area (TPSA) is 61.4 Å². The highest BCUT2D eigenvalue weighted by molar-refractivity contribution is 8.01. The predicted molar refractivity (Wildman–Crippen MR) is 129 cm³/mol.